The highest BCUT2D eigenvalue weighted by Gasteiger charge is 2.33. The molecule has 0 N–H and O–H groups in total. The zero-order valence-corrected chi connectivity index (χ0v) is 21.2. The number of carbonyl (C=O) groups is 2. The number of rotatable bonds is 8. The number of thiazole rings is 1. The summed E-state index contributed by atoms with van der Waals surface area (Å²) in [5.41, 5.74) is 0.912. The van der Waals surface area contributed by atoms with Crippen molar-refractivity contribution < 1.29 is 32.6 Å². The van der Waals surface area contributed by atoms with Crippen LogP contribution >= 0.6 is 11.3 Å². The largest absolute Gasteiger partial charge is 0.465 e. The van der Waals surface area contributed by atoms with Gasteiger partial charge in [0.15, 0.2) is 4.80 Å². The molecule has 0 bridgehead atoms. The lowest BCUT2D eigenvalue weighted by Gasteiger charge is -2.25. The maximum Gasteiger partial charge on any atom is 0.379 e. The molecular weight excluding hydrogens is 512 g/mol. The van der Waals surface area contributed by atoms with Crippen molar-refractivity contribution in [1.82, 2.24) is 4.57 Å². The van der Waals surface area contributed by atoms with Gasteiger partial charge in [-0.3, -0.25) is 9.36 Å². The quantitative estimate of drug-likeness (QED) is 0.192. The summed E-state index contributed by atoms with van der Waals surface area (Å²) in [7, 11) is 1.51. The van der Waals surface area contributed by atoms with Gasteiger partial charge in [-0.15, -0.1) is 0 Å². The van der Waals surface area contributed by atoms with Crippen molar-refractivity contribution in [2.75, 3.05) is 20.3 Å². The highest BCUT2D eigenvalue weighted by atomic mass is 32.1. The number of nitrogens with zero attached hydrogens (tertiary/aromatic N) is 2. The Labute approximate surface area is 219 Å². The SMILES string of the molecule is COCCOC(=O)C1=C(C)N=c2s/c(=C/c3ccco3)c(=O)n2[C@H]1c1ccc(OC(=O)c2ccco2)cc1. The molecule has 5 rings (SSSR count). The summed E-state index contributed by atoms with van der Waals surface area (Å²) in [6, 6.07) is 12.3. The summed E-state index contributed by atoms with van der Waals surface area (Å²) in [4.78, 5) is 44.0. The van der Waals surface area contributed by atoms with E-state index in [-0.39, 0.29) is 35.9 Å². The van der Waals surface area contributed by atoms with E-state index >= 15 is 0 Å². The third kappa shape index (κ3) is 5.01. The standard InChI is InChI=1S/C27H22N2O8S/c1-16-22(26(32)36-14-13-33-2)23(17-7-9-18(10-8-17)37-25(31)20-6-4-12-35-20)29-24(30)21(38-27(29)28-16)15-19-5-3-11-34-19/h3-12,15,23H,13-14H2,1-2H3/b21-15+/t23-/m0/s1. The molecule has 11 heteroatoms. The first-order valence-corrected chi connectivity index (χ1v) is 12.4. The molecule has 0 saturated heterocycles. The molecular formula is C27H22N2O8S. The van der Waals surface area contributed by atoms with Crippen molar-refractivity contribution in [1.29, 1.82) is 0 Å². The predicted molar refractivity (Wildman–Crippen MR) is 135 cm³/mol. The van der Waals surface area contributed by atoms with E-state index in [0.29, 0.717) is 26.4 Å². The molecule has 1 atom stereocenters. The van der Waals surface area contributed by atoms with E-state index in [4.69, 9.17) is 23.0 Å². The highest BCUT2D eigenvalue weighted by molar-refractivity contribution is 7.07. The van der Waals surface area contributed by atoms with Crippen LogP contribution in [-0.2, 0) is 14.3 Å². The number of fused-ring (bicyclic) bond motifs is 1. The number of aromatic nitrogens is 1. The lowest BCUT2D eigenvalue weighted by atomic mass is 9.96. The Kier molecular flexibility index (Phi) is 7.20. The van der Waals surface area contributed by atoms with E-state index in [1.54, 1.807) is 55.5 Å². The van der Waals surface area contributed by atoms with Gasteiger partial charge in [0, 0.05) is 13.2 Å². The number of esters is 2. The number of benzene rings is 1. The number of furan rings is 2. The van der Waals surface area contributed by atoms with Crippen molar-refractivity contribution in [2.45, 2.75) is 13.0 Å². The van der Waals surface area contributed by atoms with Crippen molar-refractivity contribution in [2.24, 2.45) is 4.99 Å². The fourth-order valence-electron chi connectivity index (χ4n) is 3.97. The highest BCUT2D eigenvalue weighted by Crippen LogP contribution is 2.31. The monoisotopic (exact) mass is 534 g/mol. The molecule has 0 aliphatic carbocycles. The number of carbonyl (C=O) groups excluding carboxylic acids is 2. The van der Waals surface area contributed by atoms with Gasteiger partial charge in [-0.1, -0.05) is 23.5 Å². The summed E-state index contributed by atoms with van der Waals surface area (Å²) in [5, 5.41) is 0. The Hall–Kier alpha value is -4.48. The maximum absolute atomic E-state index is 13.6. The van der Waals surface area contributed by atoms with Crippen LogP contribution in [0.5, 0.6) is 5.75 Å². The smallest absolute Gasteiger partial charge is 0.379 e. The topological polar surface area (TPSA) is 122 Å². The van der Waals surface area contributed by atoms with Gasteiger partial charge in [-0.05, 0) is 48.9 Å². The zero-order valence-electron chi connectivity index (χ0n) is 20.4. The first-order chi connectivity index (χ1) is 18.5. The molecule has 0 spiro atoms. The molecule has 1 aliphatic heterocycles. The van der Waals surface area contributed by atoms with Gasteiger partial charge < -0.3 is 23.0 Å². The van der Waals surface area contributed by atoms with Gasteiger partial charge in [0.1, 0.15) is 18.1 Å². The molecule has 10 nitrogen and oxygen atoms in total. The summed E-state index contributed by atoms with van der Waals surface area (Å²) < 4.78 is 28.1. The third-order valence-electron chi connectivity index (χ3n) is 5.71. The molecule has 38 heavy (non-hydrogen) atoms. The number of allylic oxidation sites excluding steroid dienone is 1. The summed E-state index contributed by atoms with van der Waals surface area (Å²) in [6.07, 6.45) is 4.53. The Balaban J connectivity index is 1.56. The Morgan fingerprint density at radius 2 is 1.82 bits per heavy atom. The number of ether oxygens (including phenoxy) is 3. The molecule has 4 aromatic rings. The molecule has 1 aromatic carbocycles. The fourth-order valence-corrected chi connectivity index (χ4v) is 4.99. The molecule has 0 unspecified atom stereocenters. The first-order valence-electron chi connectivity index (χ1n) is 11.5. The van der Waals surface area contributed by atoms with Crippen LogP contribution < -0.4 is 19.6 Å². The normalized spacial score (nSPS) is 15.2. The second-order valence-electron chi connectivity index (χ2n) is 8.16. The van der Waals surface area contributed by atoms with Crippen LogP contribution in [0.15, 0.2) is 90.9 Å². The zero-order chi connectivity index (χ0) is 26.6. The molecule has 0 amide bonds. The van der Waals surface area contributed by atoms with E-state index < -0.39 is 18.0 Å². The van der Waals surface area contributed by atoms with E-state index in [1.165, 1.54) is 41.6 Å². The molecule has 3 aromatic heterocycles. The fraction of sp³-hybridized carbons (Fsp3) is 0.185. The average molecular weight is 535 g/mol. The molecule has 0 radical (unpaired) electrons. The Morgan fingerprint density at radius 1 is 1.05 bits per heavy atom. The maximum atomic E-state index is 13.6. The lowest BCUT2D eigenvalue weighted by Crippen LogP contribution is -2.40. The molecule has 0 saturated carbocycles. The minimum atomic E-state index is -0.824. The van der Waals surface area contributed by atoms with Gasteiger partial charge in [-0.25, -0.2) is 14.6 Å². The number of hydrogen-bond acceptors (Lipinski definition) is 10. The summed E-state index contributed by atoms with van der Waals surface area (Å²) >= 11 is 1.19. The lowest BCUT2D eigenvalue weighted by molar-refractivity contribution is -0.140. The van der Waals surface area contributed by atoms with Gasteiger partial charge in [0.05, 0.1) is 41.0 Å². The van der Waals surface area contributed by atoms with Crippen molar-refractivity contribution in [3.63, 3.8) is 0 Å². The second kappa shape index (κ2) is 10.9. The summed E-state index contributed by atoms with van der Waals surface area (Å²) in [6.45, 7) is 1.97. The minimum Gasteiger partial charge on any atom is -0.465 e. The van der Waals surface area contributed by atoms with Gasteiger partial charge in [0.2, 0.25) is 5.76 Å². The van der Waals surface area contributed by atoms with Crippen LogP contribution in [0.3, 0.4) is 0 Å². The first kappa shape index (κ1) is 25.2. The van der Waals surface area contributed by atoms with E-state index in [9.17, 15) is 14.4 Å². The second-order valence-corrected chi connectivity index (χ2v) is 9.17. The average Bonchev–Trinajstić information content (AvgIpc) is 3.67. The van der Waals surface area contributed by atoms with E-state index in [1.807, 2.05) is 0 Å². The van der Waals surface area contributed by atoms with Crippen LogP contribution in [0.4, 0.5) is 0 Å². The van der Waals surface area contributed by atoms with E-state index in [2.05, 4.69) is 4.99 Å². The minimum absolute atomic E-state index is 0.0451. The van der Waals surface area contributed by atoms with Crippen LogP contribution in [-0.4, -0.2) is 36.8 Å². The van der Waals surface area contributed by atoms with Crippen LogP contribution in [0.1, 0.15) is 34.8 Å². The third-order valence-corrected chi connectivity index (χ3v) is 6.69. The summed E-state index contributed by atoms with van der Waals surface area (Å²) in [5.74, 6) is -0.402. The number of methoxy groups -OCH3 is 1. The molecule has 4 heterocycles. The van der Waals surface area contributed by atoms with Crippen LogP contribution in [0.2, 0.25) is 0 Å². The van der Waals surface area contributed by atoms with Crippen molar-refractivity contribution in [3.05, 3.63) is 109 Å². The predicted octanol–water partition coefficient (Wildman–Crippen LogP) is 2.83. The molecule has 194 valence electrons. The van der Waals surface area contributed by atoms with Gasteiger partial charge in [-0.2, -0.15) is 0 Å². The van der Waals surface area contributed by atoms with Crippen LogP contribution in [0.25, 0.3) is 6.08 Å². The van der Waals surface area contributed by atoms with Crippen molar-refractivity contribution >= 4 is 29.4 Å². The Bertz CT molecular complexity index is 1660. The van der Waals surface area contributed by atoms with Crippen molar-refractivity contribution in [3.8, 4) is 5.75 Å². The molecule has 1 aliphatic rings. The van der Waals surface area contributed by atoms with Gasteiger partial charge in [0.25, 0.3) is 5.56 Å². The van der Waals surface area contributed by atoms with E-state index in [0.717, 1.165) is 0 Å². The van der Waals surface area contributed by atoms with Crippen LogP contribution in [0, 0.1) is 0 Å². The number of hydrogen-bond donors (Lipinski definition) is 0. The van der Waals surface area contributed by atoms with Gasteiger partial charge >= 0.3 is 11.9 Å². The Morgan fingerprint density at radius 3 is 2.50 bits per heavy atom. The molecule has 0 fully saturated rings.